The van der Waals surface area contributed by atoms with Crippen LogP contribution in [0, 0.1) is 13.8 Å². The van der Waals surface area contributed by atoms with Gasteiger partial charge >= 0.3 is 5.69 Å². The normalized spacial score (nSPS) is 13.0. The summed E-state index contributed by atoms with van der Waals surface area (Å²) in [6, 6.07) is 12.1. The van der Waals surface area contributed by atoms with Gasteiger partial charge in [-0.05, 0) is 68.1 Å². The molecule has 0 atom stereocenters. The average Bonchev–Trinajstić information content (AvgIpc) is 2.75. The molecule has 7 heteroatoms. The van der Waals surface area contributed by atoms with Gasteiger partial charge in [-0.2, -0.15) is 0 Å². The van der Waals surface area contributed by atoms with Crippen molar-refractivity contribution in [1.82, 2.24) is 9.13 Å². The first-order valence-electron chi connectivity index (χ1n) is 11.0. The number of benzene rings is 2. The molecule has 168 valence electrons. The molecule has 0 spiro atoms. The van der Waals surface area contributed by atoms with Crippen molar-refractivity contribution in [2.24, 2.45) is 10.7 Å². The molecule has 2 N–H and O–H groups in total. The molecule has 2 heterocycles. The molecule has 1 aromatic heterocycles. The van der Waals surface area contributed by atoms with E-state index in [4.69, 9.17) is 20.2 Å². The van der Waals surface area contributed by atoms with E-state index >= 15 is 0 Å². The quantitative estimate of drug-likeness (QED) is 0.646. The molecule has 0 aliphatic carbocycles. The molecule has 0 unspecified atom stereocenters. The summed E-state index contributed by atoms with van der Waals surface area (Å²) in [5.41, 5.74) is 12.3. The first-order chi connectivity index (χ1) is 15.4. The zero-order valence-electron chi connectivity index (χ0n) is 19.1. The standard InChI is InChI=1S/C25H30N4O3/c1-5-32-23-13-18-6-8-28-21(20(18)14-22(23)31-4)15-24(29(9-7-26)25(28)30)27-19-11-16(2)10-17(3)12-19/h10-15H,5-9,26H2,1-4H3. The average molecular weight is 435 g/mol. The van der Waals surface area contributed by atoms with E-state index in [1.54, 1.807) is 16.2 Å². The summed E-state index contributed by atoms with van der Waals surface area (Å²) in [6.07, 6.45) is 0.739. The van der Waals surface area contributed by atoms with Gasteiger partial charge < -0.3 is 15.2 Å². The fourth-order valence-electron chi connectivity index (χ4n) is 4.35. The highest BCUT2D eigenvalue weighted by atomic mass is 16.5. The number of methoxy groups -OCH3 is 1. The number of nitrogens with zero attached hydrogens (tertiary/aromatic N) is 3. The minimum Gasteiger partial charge on any atom is -0.493 e. The molecule has 1 aliphatic rings. The minimum atomic E-state index is -0.102. The molecule has 4 rings (SSSR count). The number of aryl methyl sites for hydroxylation is 3. The molecular weight excluding hydrogens is 404 g/mol. The second-order valence-electron chi connectivity index (χ2n) is 8.06. The topological polar surface area (TPSA) is 83.8 Å². The summed E-state index contributed by atoms with van der Waals surface area (Å²) in [4.78, 5) is 18.3. The van der Waals surface area contributed by atoms with Crippen LogP contribution in [0.4, 0.5) is 5.69 Å². The molecule has 32 heavy (non-hydrogen) atoms. The van der Waals surface area contributed by atoms with Gasteiger partial charge in [-0.1, -0.05) is 6.07 Å². The van der Waals surface area contributed by atoms with Crippen LogP contribution < -0.4 is 26.4 Å². The van der Waals surface area contributed by atoms with Gasteiger partial charge in [0.25, 0.3) is 0 Å². The van der Waals surface area contributed by atoms with E-state index in [0.717, 1.165) is 45.8 Å². The van der Waals surface area contributed by atoms with E-state index in [0.29, 0.717) is 37.5 Å². The Morgan fingerprint density at radius 2 is 1.81 bits per heavy atom. The van der Waals surface area contributed by atoms with Crippen LogP contribution in [-0.2, 0) is 19.5 Å². The third-order valence-electron chi connectivity index (χ3n) is 5.67. The third-order valence-corrected chi connectivity index (χ3v) is 5.67. The molecule has 0 amide bonds. The first kappa shape index (κ1) is 21.9. The second-order valence-corrected chi connectivity index (χ2v) is 8.06. The Morgan fingerprint density at radius 1 is 1.06 bits per heavy atom. The summed E-state index contributed by atoms with van der Waals surface area (Å²) in [5.74, 6) is 1.37. The number of aromatic nitrogens is 2. The zero-order chi connectivity index (χ0) is 22.8. The lowest BCUT2D eigenvalue weighted by Crippen LogP contribution is -2.43. The van der Waals surface area contributed by atoms with Gasteiger partial charge in [-0.3, -0.25) is 9.13 Å². The lowest BCUT2D eigenvalue weighted by molar-refractivity contribution is 0.310. The molecule has 0 saturated heterocycles. The molecule has 3 aromatic rings. The maximum absolute atomic E-state index is 13.4. The lowest BCUT2D eigenvalue weighted by Gasteiger charge is -2.24. The fourth-order valence-corrected chi connectivity index (χ4v) is 4.35. The van der Waals surface area contributed by atoms with Crippen molar-refractivity contribution in [1.29, 1.82) is 0 Å². The van der Waals surface area contributed by atoms with Gasteiger partial charge in [-0.15, -0.1) is 0 Å². The predicted octanol–water partition coefficient (Wildman–Crippen LogP) is 3.09. The number of hydrogen-bond acceptors (Lipinski definition) is 5. The van der Waals surface area contributed by atoms with Crippen LogP contribution in [0.25, 0.3) is 11.3 Å². The smallest absolute Gasteiger partial charge is 0.330 e. The van der Waals surface area contributed by atoms with Crippen LogP contribution >= 0.6 is 0 Å². The highest BCUT2D eigenvalue weighted by Gasteiger charge is 2.22. The van der Waals surface area contributed by atoms with Crippen molar-refractivity contribution in [2.75, 3.05) is 20.3 Å². The number of fused-ring (bicyclic) bond motifs is 3. The SMILES string of the molecule is CCOc1cc2c(cc1OC)-c1cc(=Nc3cc(C)cc(C)c3)n(CCN)c(=O)n1CC2. The molecule has 2 aromatic carbocycles. The van der Waals surface area contributed by atoms with Gasteiger partial charge in [0.2, 0.25) is 0 Å². The molecule has 0 bridgehead atoms. The monoisotopic (exact) mass is 434 g/mol. The van der Waals surface area contributed by atoms with Crippen LogP contribution in [0.2, 0.25) is 0 Å². The predicted molar refractivity (Wildman–Crippen MR) is 126 cm³/mol. The third kappa shape index (κ3) is 4.08. The van der Waals surface area contributed by atoms with Gasteiger partial charge in [-0.25, -0.2) is 9.79 Å². The number of rotatable bonds is 6. The lowest BCUT2D eigenvalue weighted by atomic mass is 9.97. The number of nitrogens with two attached hydrogens (primary N) is 1. The summed E-state index contributed by atoms with van der Waals surface area (Å²) in [6.45, 7) is 7.95. The number of ether oxygens (including phenoxy) is 2. The molecule has 1 aliphatic heterocycles. The molecular formula is C25H30N4O3. The Kier molecular flexibility index (Phi) is 6.19. The van der Waals surface area contributed by atoms with Crippen LogP contribution in [0.1, 0.15) is 23.6 Å². The van der Waals surface area contributed by atoms with Crippen molar-refractivity contribution in [3.63, 3.8) is 0 Å². The van der Waals surface area contributed by atoms with Gasteiger partial charge in [0, 0.05) is 31.3 Å². The van der Waals surface area contributed by atoms with Gasteiger partial charge in [0.15, 0.2) is 11.5 Å². The molecule has 0 saturated carbocycles. The largest absolute Gasteiger partial charge is 0.493 e. The van der Waals surface area contributed by atoms with Crippen LogP contribution in [0.15, 0.2) is 46.2 Å². The van der Waals surface area contributed by atoms with Gasteiger partial charge in [0.1, 0.15) is 5.49 Å². The second kappa shape index (κ2) is 9.04. The minimum absolute atomic E-state index is 0.102. The van der Waals surface area contributed by atoms with E-state index in [1.165, 1.54) is 0 Å². The summed E-state index contributed by atoms with van der Waals surface area (Å²) in [7, 11) is 1.63. The van der Waals surface area contributed by atoms with Crippen LogP contribution in [0.5, 0.6) is 11.5 Å². The van der Waals surface area contributed by atoms with Crippen LogP contribution in [0.3, 0.4) is 0 Å². The van der Waals surface area contributed by atoms with E-state index in [-0.39, 0.29) is 5.69 Å². The van der Waals surface area contributed by atoms with E-state index < -0.39 is 0 Å². The highest BCUT2D eigenvalue weighted by molar-refractivity contribution is 5.70. The van der Waals surface area contributed by atoms with Crippen molar-refractivity contribution in [3.8, 4) is 22.8 Å². The maximum atomic E-state index is 13.4. The summed E-state index contributed by atoms with van der Waals surface area (Å²) >= 11 is 0. The molecule has 0 fully saturated rings. The van der Waals surface area contributed by atoms with E-state index in [9.17, 15) is 4.79 Å². The van der Waals surface area contributed by atoms with Crippen LogP contribution in [-0.4, -0.2) is 29.4 Å². The van der Waals surface area contributed by atoms with Crippen molar-refractivity contribution >= 4 is 5.69 Å². The van der Waals surface area contributed by atoms with E-state index in [2.05, 4.69) is 6.07 Å². The Bertz CT molecular complexity index is 1270. The van der Waals surface area contributed by atoms with Gasteiger partial charge in [0.05, 0.1) is 25.1 Å². The Hall–Kier alpha value is -3.32. The molecule has 7 nitrogen and oxygen atoms in total. The van der Waals surface area contributed by atoms with Crippen molar-refractivity contribution in [3.05, 3.63) is 69.1 Å². The van der Waals surface area contributed by atoms with Crippen molar-refractivity contribution < 1.29 is 9.47 Å². The number of hydrogen-bond donors (Lipinski definition) is 1. The fraction of sp³-hybridized carbons (Fsp3) is 0.360. The maximum Gasteiger partial charge on any atom is 0.330 e. The van der Waals surface area contributed by atoms with E-state index in [1.807, 2.05) is 51.1 Å². The Morgan fingerprint density at radius 3 is 2.47 bits per heavy atom. The first-order valence-corrected chi connectivity index (χ1v) is 11.0. The summed E-state index contributed by atoms with van der Waals surface area (Å²) in [5, 5.41) is 0. The molecule has 0 radical (unpaired) electrons. The summed E-state index contributed by atoms with van der Waals surface area (Å²) < 4.78 is 14.8. The Labute approximate surface area is 187 Å². The highest BCUT2D eigenvalue weighted by Crippen LogP contribution is 2.37. The van der Waals surface area contributed by atoms with Crippen molar-refractivity contribution in [2.45, 2.75) is 40.3 Å². The Balaban J connectivity index is 1.98. The zero-order valence-corrected chi connectivity index (χ0v) is 19.1.